The van der Waals surface area contributed by atoms with Crippen molar-refractivity contribution in [1.29, 1.82) is 0 Å². The molecular weight excluding hydrogens is 224 g/mol. The molecule has 3 heterocycles. The molecule has 0 aliphatic carbocycles. The van der Waals surface area contributed by atoms with Crippen LogP contribution in [0.5, 0.6) is 0 Å². The van der Waals surface area contributed by atoms with Crippen LogP contribution in [-0.2, 0) is 4.74 Å². The first kappa shape index (κ1) is 12.9. The number of hydrogen-bond donors (Lipinski definition) is 1. The van der Waals surface area contributed by atoms with Crippen molar-refractivity contribution in [2.75, 3.05) is 20.2 Å². The molecule has 4 atom stereocenters. The largest absolute Gasteiger partial charge is 0.378 e. The van der Waals surface area contributed by atoms with Gasteiger partial charge in [0.1, 0.15) is 0 Å². The van der Waals surface area contributed by atoms with E-state index in [0.717, 1.165) is 30.7 Å². The van der Waals surface area contributed by atoms with E-state index in [0.29, 0.717) is 6.10 Å². The van der Waals surface area contributed by atoms with E-state index in [2.05, 4.69) is 24.2 Å². The predicted octanol–water partition coefficient (Wildman–Crippen LogP) is 2.02. The van der Waals surface area contributed by atoms with Crippen LogP contribution >= 0.6 is 0 Å². The second-order valence-corrected chi connectivity index (χ2v) is 6.52. The lowest BCUT2D eigenvalue weighted by Gasteiger charge is -2.50. The molecule has 3 fully saturated rings. The molecule has 0 saturated carbocycles. The van der Waals surface area contributed by atoms with E-state index in [4.69, 9.17) is 4.74 Å². The summed E-state index contributed by atoms with van der Waals surface area (Å²) < 4.78 is 5.73. The SMILES string of the molecule is CNC1CC2CCCC(C1)N2CC1CCOC1C. The summed E-state index contributed by atoms with van der Waals surface area (Å²) in [7, 11) is 2.13. The van der Waals surface area contributed by atoms with Crippen LogP contribution in [0.15, 0.2) is 0 Å². The quantitative estimate of drug-likeness (QED) is 0.831. The molecule has 0 spiro atoms. The number of fused-ring (bicyclic) bond motifs is 2. The Morgan fingerprint density at radius 2 is 1.89 bits per heavy atom. The maximum absolute atomic E-state index is 5.73. The Morgan fingerprint density at radius 1 is 1.17 bits per heavy atom. The molecule has 2 bridgehead atoms. The van der Waals surface area contributed by atoms with Gasteiger partial charge in [-0.25, -0.2) is 0 Å². The molecule has 3 rings (SSSR count). The fourth-order valence-electron chi connectivity index (χ4n) is 4.30. The summed E-state index contributed by atoms with van der Waals surface area (Å²) in [6.45, 7) is 4.52. The van der Waals surface area contributed by atoms with Gasteiger partial charge in [0.15, 0.2) is 0 Å². The van der Waals surface area contributed by atoms with Crippen LogP contribution < -0.4 is 5.32 Å². The summed E-state index contributed by atoms with van der Waals surface area (Å²) >= 11 is 0. The van der Waals surface area contributed by atoms with Crippen molar-refractivity contribution >= 4 is 0 Å². The van der Waals surface area contributed by atoms with Gasteiger partial charge in [-0.1, -0.05) is 6.42 Å². The molecule has 18 heavy (non-hydrogen) atoms. The predicted molar refractivity (Wildman–Crippen MR) is 73.7 cm³/mol. The molecule has 0 radical (unpaired) electrons. The highest BCUT2D eigenvalue weighted by Crippen LogP contribution is 2.36. The van der Waals surface area contributed by atoms with Crippen molar-refractivity contribution in [1.82, 2.24) is 10.2 Å². The number of rotatable bonds is 3. The maximum Gasteiger partial charge on any atom is 0.0588 e. The Morgan fingerprint density at radius 3 is 2.44 bits per heavy atom. The fraction of sp³-hybridized carbons (Fsp3) is 1.00. The molecule has 0 aromatic carbocycles. The van der Waals surface area contributed by atoms with Crippen molar-refractivity contribution in [2.24, 2.45) is 5.92 Å². The lowest BCUT2D eigenvalue weighted by atomic mass is 9.81. The van der Waals surface area contributed by atoms with Crippen LogP contribution in [-0.4, -0.2) is 49.3 Å². The van der Waals surface area contributed by atoms with E-state index in [9.17, 15) is 0 Å². The molecule has 4 unspecified atom stereocenters. The summed E-state index contributed by atoms with van der Waals surface area (Å²) in [4.78, 5) is 2.84. The normalized spacial score (nSPS) is 45.3. The summed E-state index contributed by atoms with van der Waals surface area (Å²) in [5.74, 6) is 0.777. The lowest BCUT2D eigenvalue weighted by Crippen LogP contribution is -2.57. The van der Waals surface area contributed by atoms with Gasteiger partial charge in [0.05, 0.1) is 6.10 Å². The van der Waals surface area contributed by atoms with Crippen LogP contribution in [0, 0.1) is 5.92 Å². The van der Waals surface area contributed by atoms with Gasteiger partial charge in [0.25, 0.3) is 0 Å². The molecule has 1 N–H and O–H groups in total. The first-order chi connectivity index (χ1) is 8.78. The molecule has 0 aromatic heterocycles. The Hall–Kier alpha value is -0.120. The van der Waals surface area contributed by atoms with E-state index >= 15 is 0 Å². The fourth-order valence-corrected chi connectivity index (χ4v) is 4.30. The monoisotopic (exact) mass is 252 g/mol. The first-order valence-electron chi connectivity index (χ1n) is 7.82. The topological polar surface area (TPSA) is 24.5 Å². The van der Waals surface area contributed by atoms with Gasteiger partial charge in [0, 0.05) is 31.3 Å². The zero-order chi connectivity index (χ0) is 12.5. The Labute approximate surface area is 111 Å². The molecule has 104 valence electrons. The van der Waals surface area contributed by atoms with Crippen molar-refractivity contribution in [3.8, 4) is 0 Å². The Kier molecular flexibility index (Phi) is 3.92. The zero-order valence-corrected chi connectivity index (χ0v) is 11.9. The summed E-state index contributed by atoms with van der Waals surface area (Å²) in [6, 6.07) is 2.43. The summed E-state index contributed by atoms with van der Waals surface area (Å²) in [5, 5.41) is 3.50. The third-order valence-electron chi connectivity index (χ3n) is 5.51. The highest BCUT2D eigenvalue weighted by Gasteiger charge is 2.39. The number of ether oxygens (including phenoxy) is 1. The van der Waals surface area contributed by atoms with E-state index in [-0.39, 0.29) is 0 Å². The van der Waals surface area contributed by atoms with Gasteiger partial charge >= 0.3 is 0 Å². The van der Waals surface area contributed by atoms with Crippen molar-refractivity contribution < 1.29 is 4.74 Å². The number of piperidine rings is 2. The minimum atomic E-state index is 0.479. The summed E-state index contributed by atoms with van der Waals surface area (Å²) in [6.07, 6.45) is 8.73. The second-order valence-electron chi connectivity index (χ2n) is 6.52. The van der Waals surface area contributed by atoms with Crippen molar-refractivity contribution in [3.63, 3.8) is 0 Å². The van der Waals surface area contributed by atoms with E-state index in [1.54, 1.807) is 0 Å². The van der Waals surface area contributed by atoms with Crippen LogP contribution in [0.3, 0.4) is 0 Å². The molecular formula is C15H28N2O. The van der Waals surface area contributed by atoms with Gasteiger partial charge in [-0.2, -0.15) is 0 Å². The maximum atomic E-state index is 5.73. The number of nitrogens with zero attached hydrogens (tertiary/aromatic N) is 1. The van der Waals surface area contributed by atoms with E-state index < -0.39 is 0 Å². The third-order valence-corrected chi connectivity index (χ3v) is 5.51. The van der Waals surface area contributed by atoms with Crippen LogP contribution in [0.4, 0.5) is 0 Å². The highest BCUT2D eigenvalue weighted by molar-refractivity contribution is 4.96. The second kappa shape index (κ2) is 5.48. The van der Waals surface area contributed by atoms with Gasteiger partial charge in [0.2, 0.25) is 0 Å². The van der Waals surface area contributed by atoms with Crippen LogP contribution in [0.25, 0.3) is 0 Å². The first-order valence-corrected chi connectivity index (χ1v) is 7.82. The molecule has 3 saturated heterocycles. The molecule has 3 nitrogen and oxygen atoms in total. The van der Waals surface area contributed by atoms with Gasteiger partial charge in [-0.05, 0) is 52.0 Å². The average Bonchev–Trinajstić information content (AvgIpc) is 2.75. The molecule has 3 aliphatic rings. The highest BCUT2D eigenvalue weighted by atomic mass is 16.5. The zero-order valence-electron chi connectivity index (χ0n) is 11.9. The number of nitrogens with one attached hydrogen (secondary N) is 1. The van der Waals surface area contributed by atoms with Gasteiger partial charge < -0.3 is 10.1 Å². The lowest BCUT2D eigenvalue weighted by molar-refractivity contribution is 0.00269. The minimum absolute atomic E-state index is 0.479. The smallest absolute Gasteiger partial charge is 0.0588 e. The Bertz CT molecular complexity index is 270. The van der Waals surface area contributed by atoms with Crippen molar-refractivity contribution in [2.45, 2.75) is 69.7 Å². The molecule has 0 aromatic rings. The van der Waals surface area contributed by atoms with Gasteiger partial charge in [-0.3, -0.25) is 4.90 Å². The minimum Gasteiger partial charge on any atom is -0.378 e. The molecule has 3 aliphatic heterocycles. The third kappa shape index (κ3) is 2.45. The van der Waals surface area contributed by atoms with Crippen LogP contribution in [0.2, 0.25) is 0 Å². The molecule has 0 amide bonds. The van der Waals surface area contributed by atoms with E-state index in [1.165, 1.54) is 45.1 Å². The molecule has 3 heteroatoms. The number of hydrogen-bond acceptors (Lipinski definition) is 3. The van der Waals surface area contributed by atoms with Crippen molar-refractivity contribution in [3.05, 3.63) is 0 Å². The summed E-state index contributed by atoms with van der Waals surface area (Å²) in [5.41, 5.74) is 0. The Balaban J connectivity index is 1.64. The average molecular weight is 252 g/mol. The van der Waals surface area contributed by atoms with E-state index in [1.807, 2.05) is 0 Å². The van der Waals surface area contributed by atoms with Crippen LogP contribution in [0.1, 0.15) is 45.4 Å². The van der Waals surface area contributed by atoms with Gasteiger partial charge in [-0.15, -0.1) is 0 Å². The standard InChI is InChI=1S/C15H28N2O/c1-11-12(6-7-18-11)10-17-14-4-3-5-15(17)9-13(8-14)16-2/h11-16H,3-10H2,1-2H3.